The third-order valence-electron chi connectivity index (χ3n) is 4.95. The maximum atomic E-state index is 13.9. The van der Waals surface area contributed by atoms with Crippen molar-refractivity contribution in [2.75, 3.05) is 13.1 Å². The normalized spacial score (nSPS) is 24.4. The van der Waals surface area contributed by atoms with Gasteiger partial charge in [0.15, 0.2) is 6.04 Å². The van der Waals surface area contributed by atoms with E-state index in [2.05, 4.69) is 5.32 Å². The second-order valence-electron chi connectivity index (χ2n) is 7.07. The Morgan fingerprint density at radius 2 is 1.78 bits per heavy atom. The fourth-order valence-corrected chi connectivity index (χ4v) is 3.89. The Bertz CT molecular complexity index is 798. The van der Waals surface area contributed by atoms with Gasteiger partial charge in [0.1, 0.15) is 36.9 Å². The van der Waals surface area contributed by atoms with E-state index in [-0.39, 0.29) is 24.6 Å². The summed E-state index contributed by atoms with van der Waals surface area (Å²) in [4.78, 5) is 11.9. The van der Waals surface area contributed by atoms with Crippen LogP contribution in [0.25, 0.3) is 0 Å². The van der Waals surface area contributed by atoms with Crippen LogP contribution in [0.4, 0.5) is 8.78 Å². The number of aliphatic hydroxyl groups excluding tert-OH is 1. The molecule has 5 nitrogen and oxygen atoms in total. The van der Waals surface area contributed by atoms with E-state index in [1.165, 1.54) is 6.92 Å². The van der Waals surface area contributed by atoms with E-state index in [4.69, 9.17) is 0 Å². The van der Waals surface area contributed by atoms with Crippen LogP contribution >= 0.6 is 0 Å². The molecule has 1 aliphatic rings. The minimum atomic E-state index is -0.890. The number of nitrogens with one attached hydrogen (secondary N) is 1. The molecule has 0 saturated carbocycles. The molecule has 3 rings (SSSR count). The highest BCUT2D eigenvalue weighted by atomic mass is 19.1. The molecule has 1 saturated heterocycles. The van der Waals surface area contributed by atoms with Gasteiger partial charge < -0.3 is 10.4 Å². The first kappa shape index (κ1) is 19.4. The Hall–Kier alpha value is -2.35. The van der Waals surface area contributed by atoms with Gasteiger partial charge in [-0.15, -0.1) is 0 Å². The van der Waals surface area contributed by atoms with Crippen molar-refractivity contribution in [3.63, 3.8) is 0 Å². The van der Waals surface area contributed by atoms with E-state index in [9.17, 15) is 23.9 Å². The number of hydroxylamine groups is 3. The number of amides is 1. The molecule has 0 spiro atoms. The number of rotatable bonds is 5. The SMILES string of the molecule is CC(=O)N[C@@H](c1ccccc1)C(c1cc(F)cc(F)c1)[N+]1(O)CC[C@H](O)C1. The van der Waals surface area contributed by atoms with Crippen molar-refractivity contribution in [3.05, 3.63) is 71.3 Å². The highest BCUT2D eigenvalue weighted by Gasteiger charge is 2.49. The maximum absolute atomic E-state index is 13.9. The molecule has 1 heterocycles. The van der Waals surface area contributed by atoms with Gasteiger partial charge in [-0.3, -0.25) is 4.79 Å². The number of hydrogen-bond acceptors (Lipinski definition) is 3. The molecule has 0 aromatic heterocycles. The Morgan fingerprint density at radius 1 is 1.15 bits per heavy atom. The Morgan fingerprint density at radius 3 is 2.30 bits per heavy atom. The number of halogens is 2. The molecule has 2 aromatic carbocycles. The average molecular weight is 377 g/mol. The van der Waals surface area contributed by atoms with Crippen molar-refractivity contribution in [1.82, 2.24) is 5.32 Å². The van der Waals surface area contributed by atoms with Gasteiger partial charge >= 0.3 is 0 Å². The summed E-state index contributed by atoms with van der Waals surface area (Å²) in [6.07, 6.45) is -0.378. The van der Waals surface area contributed by atoms with Gasteiger partial charge in [0.25, 0.3) is 0 Å². The number of benzene rings is 2. The van der Waals surface area contributed by atoms with E-state index in [1.807, 2.05) is 6.07 Å². The number of quaternary nitrogens is 1. The molecule has 3 N–H and O–H groups in total. The molecule has 1 fully saturated rings. The molecule has 1 amide bonds. The lowest BCUT2D eigenvalue weighted by Crippen LogP contribution is -2.51. The van der Waals surface area contributed by atoms with Gasteiger partial charge in [0.05, 0.1) is 0 Å². The van der Waals surface area contributed by atoms with Crippen LogP contribution in [-0.2, 0) is 4.79 Å². The lowest BCUT2D eigenvalue weighted by Gasteiger charge is -2.39. The summed E-state index contributed by atoms with van der Waals surface area (Å²) in [5.74, 6) is -1.87. The molecular weight excluding hydrogens is 354 g/mol. The Labute approximate surface area is 156 Å². The van der Waals surface area contributed by atoms with Crippen molar-refractivity contribution in [2.24, 2.45) is 0 Å². The van der Waals surface area contributed by atoms with Crippen molar-refractivity contribution in [3.8, 4) is 0 Å². The number of aliphatic hydroxyl groups is 1. The molecule has 0 radical (unpaired) electrons. The third kappa shape index (κ3) is 4.32. The smallest absolute Gasteiger partial charge is 0.217 e. The number of hydrogen-bond donors (Lipinski definition) is 3. The summed E-state index contributed by atoms with van der Waals surface area (Å²) in [6.45, 7) is 1.55. The zero-order chi connectivity index (χ0) is 19.6. The zero-order valence-electron chi connectivity index (χ0n) is 15.0. The Balaban J connectivity index is 2.15. The molecule has 2 aromatic rings. The van der Waals surface area contributed by atoms with Crippen LogP contribution in [0.2, 0.25) is 0 Å². The molecule has 7 heteroatoms. The topological polar surface area (TPSA) is 69.6 Å². The third-order valence-corrected chi connectivity index (χ3v) is 4.95. The summed E-state index contributed by atoms with van der Waals surface area (Å²) >= 11 is 0. The number of carbonyl (C=O) groups is 1. The van der Waals surface area contributed by atoms with Crippen LogP contribution in [0, 0.1) is 11.6 Å². The quantitative estimate of drug-likeness (QED) is 0.702. The maximum Gasteiger partial charge on any atom is 0.217 e. The molecule has 2 unspecified atom stereocenters. The standard InChI is InChI=1S/C20H22F2N2O3/c1-13(25)23-19(14-5-3-2-4-6-14)20(24(27)8-7-18(26)12-24)15-9-16(21)11-17(22)10-15/h2-6,9-11,18-20,26-27H,7-8,12H2,1H3/p+1/t18-,19-,20?,24?/m0/s1. The molecule has 27 heavy (non-hydrogen) atoms. The largest absolute Gasteiger partial charge is 0.387 e. The minimum Gasteiger partial charge on any atom is -0.387 e. The van der Waals surface area contributed by atoms with Crippen molar-refractivity contribution in [2.45, 2.75) is 31.5 Å². The molecule has 1 aliphatic heterocycles. The molecular formula is C20H23F2N2O3+. The first-order valence-electron chi connectivity index (χ1n) is 8.84. The fourth-order valence-electron chi connectivity index (χ4n) is 3.89. The summed E-state index contributed by atoms with van der Waals surface area (Å²) in [5, 5.41) is 24.1. The monoisotopic (exact) mass is 377 g/mol. The van der Waals surface area contributed by atoms with E-state index in [0.717, 1.165) is 18.2 Å². The van der Waals surface area contributed by atoms with Gasteiger partial charge in [-0.25, -0.2) is 14.0 Å². The van der Waals surface area contributed by atoms with E-state index >= 15 is 0 Å². The lowest BCUT2D eigenvalue weighted by atomic mass is 9.91. The lowest BCUT2D eigenvalue weighted by molar-refractivity contribution is -1.12. The van der Waals surface area contributed by atoms with Crippen LogP contribution in [0.1, 0.15) is 36.6 Å². The molecule has 0 bridgehead atoms. The van der Waals surface area contributed by atoms with Gasteiger partial charge in [0.2, 0.25) is 5.91 Å². The zero-order valence-corrected chi connectivity index (χ0v) is 15.0. The van der Waals surface area contributed by atoms with Crippen molar-refractivity contribution in [1.29, 1.82) is 0 Å². The number of likely N-dealkylation sites (tertiary alicyclic amines) is 1. The van der Waals surface area contributed by atoms with E-state index < -0.39 is 34.5 Å². The van der Waals surface area contributed by atoms with Crippen LogP contribution in [0.3, 0.4) is 0 Å². The highest BCUT2D eigenvalue weighted by molar-refractivity contribution is 5.73. The Kier molecular flexibility index (Phi) is 5.55. The summed E-state index contributed by atoms with van der Waals surface area (Å²) < 4.78 is 27.3. The second-order valence-corrected chi connectivity index (χ2v) is 7.07. The first-order chi connectivity index (χ1) is 12.8. The van der Waals surface area contributed by atoms with E-state index in [1.54, 1.807) is 24.3 Å². The van der Waals surface area contributed by atoms with Gasteiger partial charge in [0, 0.05) is 25.0 Å². The number of nitrogens with zero attached hydrogens (tertiary/aromatic N) is 1. The second kappa shape index (κ2) is 7.72. The minimum absolute atomic E-state index is 0.00567. The summed E-state index contributed by atoms with van der Waals surface area (Å²) in [6, 6.07) is 10.4. The highest BCUT2D eigenvalue weighted by Crippen LogP contribution is 2.41. The first-order valence-corrected chi connectivity index (χ1v) is 8.84. The average Bonchev–Trinajstić information content (AvgIpc) is 2.93. The van der Waals surface area contributed by atoms with Crippen LogP contribution in [0.15, 0.2) is 48.5 Å². The molecule has 144 valence electrons. The van der Waals surface area contributed by atoms with E-state index in [0.29, 0.717) is 12.0 Å². The van der Waals surface area contributed by atoms with Gasteiger partial charge in [-0.05, 0) is 17.7 Å². The van der Waals surface area contributed by atoms with Crippen molar-refractivity contribution < 1.29 is 28.5 Å². The van der Waals surface area contributed by atoms with Gasteiger partial charge in [-0.1, -0.05) is 30.3 Å². The van der Waals surface area contributed by atoms with Gasteiger partial charge in [-0.2, -0.15) is 4.65 Å². The fraction of sp³-hybridized carbons (Fsp3) is 0.350. The molecule has 0 aliphatic carbocycles. The summed E-state index contributed by atoms with van der Waals surface area (Å²) in [5.41, 5.74) is 0.905. The van der Waals surface area contributed by atoms with Crippen molar-refractivity contribution >= 4 is 5.91 Å². The predicted molar refractivity (Wildman–Crippen MR) is 94.5 cm³/mol. The van der Waals surface area contributed by atoms with Crippen LogP contribution < -0.4 is 5.32 Å². The van der Waals surface area contributed by atoms with Crippen LogP contribution in [-0.4, -0.2) is 40.1 Å². The van der Waals surface area contributed by atoms with Crippen LogP contribution in [0.5, 0.6) is 0 Å². The number of carbonyl (C=O) groups excluding carboxylic acids is 1. The summed E-state index contributed by atoms with van der Waals surface area (Å²) in [7, 11) is 0. The molecule has 4 atom stereocenters. The predicted octanol–water partition coefficient (Wildman–Crippen LogP) is 2.85.